The van der Waals surface area contributed by atoms with Crippen LogP contribution in [0.5, 0.6) is 0 Å². The summed E-state index contributed by atoms with van der Waals surface area (Å²) in [6.45, 7) is 6.22. The van der Waals surface area contributed by atoms with Crippen molar-refractivity contribution in [2.45, 2.75) is 58.4 Å². The van der Waals surface area contributed by atoms with E-state index >= 15 is 0 Å². The Morgan fingerprint density at radius 1 is 1.29 bits per heavy atom. The van der Waals surface area contributed by atoms with Crippen LogP contribution in [-0.4, -0.2) is 57.3 Å². The third kappa shape index (κ3) is 7.34. The second-order valence-corrected chi connectivity index (χ2v) is 10.4. The number of nitrogens with zero attached hydrogens (tertiary/aromatic N) is 3. The van der Waals surface area contributed by atoms with E-state index in [1.165, 1.54) is 0 Å². The number of aromatic nitrogens is 3. The molecule has 0 spiro atoms. The third-order valence-corrected chi connectivity index (χ3v) is 7.36. The molecule has 1 unspecified atom stereocenters. The Morgan fingerprint density at radius 3 is 2.97 bits per heavy atom. The van der Waals surface area contributed by atoms with Crippen LogP contribution in [0.4, 0.5) is 5.95 Å². The lowest BCUT2D eigenvalue weighted by molar-refractivity contribution is -0.130. The predicted molar refractivity (Wildman–Crippen MR) is 153 cm³/mol. The zero-order chi connectivity index (χ0) is 26.9. The van der Waals surface area contributed by atoms with Gasteiger partial charge in [-0.25, -0.2) is 9.97 Å². The molecule has 1 aliphatic heterocycles. The molecule has 3 aromatic rings. The maximum atomic E-state index is 12.7. The number of unbranched alkanes of at least 4 members (excludes halogenated alkanes) is 1. The summed E-state index contributed by atoms with van der Waals surface area (Å²) in [6.07, 6.45) is 11.9. The zero-order valence-electron chi connectivity index (χ0n) is 22.2. The average molecular weight is 537 g/mol. The number of halogens is 1. The fraction of sp³-hybridized carbons (Fsp3) is 0.448. The van der Waals surface area contributed by atoms with Crippen molar-refractivity contribution in [3.63, 3.8) is 0 Å². The molecule has 0 saturated carbocycles. The number of hydrogen-bond donors (Lipinski definition) is 3. The maximum absolute atomic E-state index is 12.7. The molecular weight excluding hydrogens is 500 g/mol. The van der Waals surface area contributed by atoms with E-state index in [1.807, 2.05) is 41.4 Å². The third-order valence-electron chi connectivity index (χ3n) is 7.08. The molecule has 202 valence electrons. The number of H-pyrrole nitrogens is 1. The summed E-state index contributed by atoms with van der Waals surface area (Å²) >= 11 is 6.45. The molecule has 2 aromatic heterocycles. The van der Waals surface area contributed by atoms with Crippen molar-refractivity contribution in [2.24, 2.45) is 5.92 Å². The van der Waals surface area contributed by atoms with E-state index in [1.54, 1.807) is 12.3 Å². The summed E-state index contributed by atoms with van der Waals surface area (Å²) < 4.78 is 0. The molecule has 0 radical (unpaired) electrons. The molecule has 1 aliphatic rings. The smallest absolute Gasteiger partial charge is 0.243 e. The molecule has 1 fully saturated rings. The lowest BCUT2D eigenvalue weighted by atomic mass is 10.1. The van der Waals surface area contributed by atoms with E-state index in [9.17, 15) is 9.59 Å². The van der Waals surface area contributed by atoms with Crippen LogP contribution >= 0.6 is 11.6 Å². The number of benzene rings is 1. The Bertz CT molecular complexity index is 1270. The normalized spacial score (nSPS) is 16.3. The molecule has 0 aliphatic carbocycles. The lowest BCUT2D eigenvalue weighted by Crippen LogP contribution is -2.32. The van der Waals surface area contributed by atoms with Crippen LogP contribution in [0.2, 0.25) is 5.02 Å². The van der Waals surface area contributed by atoms with E-state index in [2.05, 4.69) is 34.4 Å². The first-order valence-electron chi connectivity index (χ1n) is 13.5. The van der Waals surface area contributed by atoms with Gasteiger partial charge in [0, 0.05) is 54.8 Å². The Morgan fingerprint density at radius 2 is 2.13 bits per heavy atom. The van der Waals surface area contributed by atoms with Gasteiger partial charge >= 0.3 is 0 Å². The maximum Gasteiger partial charge on any atom is 0.243 e. The highest BCUT2D eigenvalue weighted by molar-refractivity contribution is 6.33. The van der Waals surface area contributed by atoms with Gasteiger partial charge in [-0.15, -0.1) is 0 Å². The van der Waals surface area contributed by atoms with Gasteiger partial charge in [-0.3, -0.25) is 9.59 Å². The van der Waals surface area contributed by atoms with E-state index < -0.39 is 0 Å². The molecule has 0 bridgehead atoms. The van der Waals surface area contributed by atoms with Crippen molar-refractivity contribution in [1.29, 1.82) is 0 Å². The fourth-order valence-corrected chi connectivity index (χ4v) is 4.78. The first-order chi connectivity index (χ1) is 18.4. The van der Waals surface area contributed by atoms with Gasteiger partial charge in [-0.1, -0.05) is 56.1 Å². The van der Waals surface area contributed by atoms with Gasteiger partial charge in [0.1, 0.15) is 0 Å². The molecule has 1 saturated heterocycles. The number of amides is 2. The highest BCUT2D eigenvalue weighted by Crippen LogP contribution is 2.32. The van der Waals surface area contributed by atoms with Crippen LogP contribution in [0.3, 0.4) is 0 Å². The predicted octanol–water partition coefficient (Wildman–Crippen LogP) is 5.57. The summed E-state index contributed by atoms with van der Waals surface area (Å²) in [5.74, 6) is 1.17. The number of rotatable bonds is 12. The number of allylic oxidation sites excluding steroid dienone is 1. The molecular formula is C29H37ClN6O2. The van der Waals surface area contributed by atoms with Crippen LogP contribution in [0.15, 0.2) is 48.8 Å². The number of fused-ring (bicyclic) bond motifs is 1. The second-order valence-electron chi connectivity index (χ2n) is 10.0. The van der Waals surface area contributed by atoms with Crippen LogP contribution in [0.1, 0.15) is 52.4 Å². The van der Waals surface area contributed by atoms with Crippen molar-refractivity contribution >= 4 is 40.3 Å². The number of anilines is 1. The standard InChI is InChI=1S/C29H37ClN6O2/c1-3-20(2)9-8-12-26(37)31-15-7-6-13-27(38)36-16-14-21(19-36)34-29-33-18-24(30)28(35-29)23-17-32-25-11-5-4-10-22(23)25/h4-5,8,10-12,17-18,20-21,32H,3,6-7,9,13-16,19H2,1-2H3,(H,31,37)(H,33,34,35)/b12-8+/t20?,21-/m1/s1. The molecule has 2 amide bonds. The highest BCUT2D eigenvalue weighted by atomic mass is 35.5. The number of para-hydroxylation sites is 1. The molecule has 38 heavy (non-hydrogen) atoms. The zero-order valence-corrected chi connectivity index (χ0v) is 22.9. The fourth-order valence-electron chi connectivity index (χ4n) is 4.58. The van der Waals surface area contributed by atoms with E-state index in [0.29, 0.717) is 48.6 Å². The summed E-state index contributed by atoms with van der Waals surface area (Å²) in [5.41, 5.74) is 2.62. The van der Waals surface area contributed by atoms with Crippen molar-refractivity contribution in [3.8, 4) is 11.3 Å². The highest BCUT2D eigenvalue weighted by Gasteiger charge is 2.26. The Balaban J connectivity index is 1.21. The van der Waals surface area contributed by atoms with Gasteiger partial charge < -0.3 is 20.5 Å². The number of aromatic amines is 1. The van der Waals surface area contributed by atoms with Gasteiger partial charge in [0.15, 0.2) is 0 Å². The minimum atomic E-state index is -0.0645. The molecule has 4 rings (SSSR count). The number of hydrogen-bond acceptors (Lipinski definition) is 5. The second kappa shape index (κ2) is 13.4. The summed E-state index contributed by atoms with van der Waals surface area (Å²) in [5, 5.41) is 7.81. The molecule has 3 N–H and O–H groups in total. The quantitative estimate of drug-likeness (QED) is 0.207. The SMILES string of the molecule is CCC(C)C/C=C/C(=O)NCCCCC(=O)N1CC[C@@H](Nc2ncc(Cl)c(-c3c[nH]c4ccccc34)n2)C1. The minimum absolute atomic E-state index is 0.0645. The Hall–Kier alpha value is -3.39. The van der Waals surface area contributed by atoms with Crippen molar-refractivity contribution in [2.75, 3.05) is 25.0 Å². The van der Waals surface area contributed by atoms with Crippen LogP contribution in [-0.2, 0) is 9.59 Å². The van der Waals surface area contributed by atoms with Crippen LogP contribution in [0.25, 0.3) is 22.2 Å². The van der Waals surface area contributed by atoms with Crippen molar-refractivity contribution < 1.29 is 9.59 Å². The average Bonchev–Trinajstić information content (AvgIpc) is 3.57. The van der Waals surface area contributed by atoms with E-state index in [4.69, 9.17) is 16.6 Å². The molecule has 1 aromatic carbocycles. The molecule has 3 heterocycles. The van der Waals surface area contributed by atoms with Gasteiger partial charge in [-0.2, -0.15) is 0 Å². The number of carbonyl (C=O) groups excluding carboxylic acids is 2. The van der Waals surface area contributed by atoms with Gasteiger partial charge in [-0.05, 0) is 43.7 Å². The largest absolute Gasteiger partial charge is 0.360 e. The van der Waals surface area contributed by atoms with E-state index in [-0.39, 0.29) is 17.9 Å². The van der Waals surface area contributed by atoms with Gasteiger partial charge in [0.2, 0.25) is 17.8 Å². The number of likely N-dealkylation sites (tertiary alicyclic amines) is 1. The summed E-state index contributed by atoms with van der Waals surface area (Å²) in [4.78, 5) is 38.8. The first kappa shape index (κ1) is 27.6. The summed E-state index contributed by atoms with van der Waals surface area (Å²) in [6, 6.07) is 8.10. The van der Waals surface area contributed by atoms with E-state index in [0.717, 1.165) is 48.6 Å². The molecule has 9 heteroatoms. The number of carbonyl (C=O) groups is 2. The van der Waals surface area contributed by atoms with Crippen molar-refractivity contribution in [3.05, 3.63) is 53.8 Å². The van der Waals surface area contributed by atoms with Crippen molar-refractivity contribution in [1.82, 2.24) is 25.2 Å². The molecule has 8 nitrogen and oxygen atoms in total. The van der Waals surface area contributed by atoms with Gasteiger partial charge in [0.05, 0.1) is 16.9 Å². The topological polar surface area (TPSA) is 103 Å². The number of nitrogens with one attached hydrogen (secondary N) is 3. The monoisotopic (exact) mass is 536 g/mol. The van der Waals surface area contributed by atoms with Gasteiger partial charge in [0.25, 0.3) is 0 Å². The Kier molecular flexibility index (Phi) is 9.76. The van der Waals surface area contributed by atoms with Crippen LogP contribution < -0.4 is 10.6 Å². The minimum Gasteiger partial charge on any atom is -0.360 e. The lowest BCUT2D eigenvalue weighted by Gasteiger charge is -2.17. The molecule has 2 atom stereocenters. The van der Waals surface area contributed by atoms with Crippen LogP contribution in [0, 0.1) is 5.92 Å². The first-order valence-corrected chi connectivity index (χ1v) is 13.9. The Labute approximate surface area is 229 Å². The summed E-state index contributed by atoms with van der Waals surface area (Å²) in [7, 11) is 0.